The van der Waals surface area contributed by atoms with Crippen molar-refractivity contribution in [1.29, 1.82) is 0 Å². The molecule has 4 aliphatic carbocycles. The molecule has 0 radical (unpaired) electrons. The van der Waals surface area contributed by atoms with Crippen LogP contribution in [0.5, 0.6) is 0 Å². The van der Waals surface area contributed by atoms with Crippen molar-refractivity contribution in [2.24, 2.45) is 17.8 Å². The van der Waals surface area contributed by atoms with Crippen LogP contribution in [-0.4, -0.2) is 36.6 Å². The number of carbonyl (C=O) groups excluding carboxylic acids is 1. The van der Waals surface area contributed by atoms with E-state index >= 15 is 0 Å². The third kappa shape index (κ3) is 3.40. The molecule has 0 amide bonds. The number of esters is 1. The molecule has 3 nitrogen and oxygen atoms in total. The molecule has 2 aromatic rings. The van der Waals surface area contributed by atoms with Crippen LogP contribution in [0.15, 0.2) is 60.7 Å². The lowest BCUT2D eigenvalue weighted by molar-refractivity contribution is -0.197. The fourth-order valence-corrected chi connectivity index (χ4v) is 6.92. The van der Waals surface area contributed by atoms with Gasteiger partial charge < -0.3 is 9.64 Å². The first-order valence-electron chi connectivity index (χ1n) is 11.0. The lowest BCUT2D eigenvalue weighted by Crippen LogP contribution is -2.61. The van der Waals surface area contributed by atoms with Gasteiger partial charge in [-0.2, -0.15) is 0 Å². The number of ether oxygens (including phenoxy) is 1. The second kappa shape index (κ2) is 7.28. The minimum atomic E-state index is -0.352. The second-order valence-electron chi connectivity index (χ2n) is 9.78. The van der Waals surface area contributed by atoms with Gasteiger partial charge in [-0.15, -0.1) is 0 Å². The molecule has 4 bridgehead atoms. The van der Waals surface area contributed by atoms with Crippen LogP contribution < -0.4 is 0 Å². The summed E-state index contributed by atoms with van der Waals surface area (Å²) in [6.45, 7) is 0. The normalized spacial score (nSPS) is 32.7. The maximum absolute atomic E-state index is 13.6. The first-order valence-corrected chi connectivity index (χ1v) is 11.0. The van der Waals surface area contributed by atoms with Crippen molar-refractivity contribution in [3.63, 3.8) is 0 Å². The highest BCUT2D eigenvalue weighted by atomic mass is 16.6. The molecule has 6 rings (SSSR count). The Kier molecular flexibility index (Phi) is 4.74. The van der Waals surface area contributed by atoms with Gasteiger partial charge in [0.25, 0.3) is 0 Å². The average molecular weight is 390 g/mol. The Morgan fingerprint density at radius 1 is 0.897 bits per heavy atom. The number of hydrogen-bond acceptors (Lipinski definition) is 3. The Bertz CT molecular complexity index is 807. The van der Waals surface area contributed by atoms with E-state index in [1.54, 1.807) is 0 Å². The van der Waals surface area contributed by atoms with E-state index in [0.29, 0.717) is 17.9 Å². The highest BCUT2D eigenvalue weighted by molar-refractivity contribution is 5.82. The number of nitrogens with zero attached hydrogens (tertiary/aromatic N) is 1. The van der Waals surface area contributed by atoms with Gasteiger partial charge in [-0.25, -0.2) is 0 Å². The number of hydrogen-bond donors (Lipinski definition) is 0. The monoisotopic (exact) mass is 389 g/mol. The second-order valence-corrected chi connectivity index (χ2v) is 9.78. The smallest absolute Gasteiger partial charge is 0.318 e. The van der Waals surface area contributed by atoms with Gasteiger partial charge in [-0.05, 0) is 75.1 Å². The molecule has 0 N–H and O–H groups in total. The summed E-state index contributed by atoms with van der Waals surface area (Å²) in [7, 11) is 4.43. The Morgan fingerprint density at radius 2 is 1.41 bits per heavy atom. The van der Waals surface area contributed by atoms with Crippen LogP contribution in [0.2, 0.25) is 0 Å². The molecule has 0 heterocycles. The summed E-state index contributed by atoms with van der Waals surface area (Å²) in [5.41, 5.74) is 1.78. The average Bonchev–Trinajstić information content (AvgIpc) is 2.68. The molecule has 0 saturated heterocycles. The third-order valence-corrected chi connectivity index (χ3v) is 7.58. The van der Waals surface area contributed by atoms with Gasteiger partial charge in [0.05, 0.1) is 0 Å². The highest BCUT2D eigenvalue weighted by Gasteiger charge is 2.58. The molecular weight excluding hydrogens is 358 g/mol. The van der Waals surface area contributed by atoms with Gasteiger partial charge >= 0.3 is 5.97 Å². The van der Waals surface area contributed by atoms with Crippen molar-refractivity contribution < 1.29 is 9.53 Å². The summed E-state index contributed by atoms with van der Waals surface area (Å²) in [4.78, 5) is 16.0. The topological polar surface area (TPSA) is 29.5 Å². The number of carbonyl (C=O) groups is 1. The molecule has 0 aliphatic heterocycles. The predicted molar refractivity (Wildman–Crippen MR) is 115 cm³/mol. The van der Waals surface area contributed by atoms with Gasteiger partial charge in [0.1, 0.15) is 11.5 Å². The molecule has 0 spiro atoms. The Hall–Kier alpha value is -2.13. The van der Waals surface area contributed by atoms with Crippen LogP contribution in [0.3, 0.4) is 0 Å². The van der Waals surface area contributed by atoms with E-state index in [-0.39, 0.29) is 17.5 Å². The van der Waals surface area contributed by atoms with Crippen LogP contribution in [-0.2, 0) is 9.53 Å². The first kappa shape index (κ1) is 18.9. The maximum atomic E-state index is 13.6. The minimum absolute atomic E-state index is 0.0780. The molecule has 5 atom stereocenters. The summed E-state index contributed by atoms with van der Waals surface area (Å²) in [5, 5.41) is 0. The maximum Gasteiger partial charge on any atom is 0.318 e. The van der Waals surface area contributed by atoms with Crippen LogP contribution in [0.4, 0.5) is 0 Å². The number of benzene rings is 2. The predicted octanol–water partition coefficient (Wildman–Crippen LogP) is 4.87. The molecule has 29 heavy (non-hydrogen) atoms. The Labute approximate surface area is 174 Å². The third-order valence-electron chi connectivity index (χ3n) is 7.58. The van der Waals surface area contributed by atoms with Crippen molar-refractivity contribution in [2.75, 3.05) is 14.1 Å². The van der Waals surface area contributed by atoms with Crippen LogP contribution >= 0.6 is 0 Å². The van der Waals surface area contributed by atoms with E-state index in [2.05, 4.69) is 19.0 Å². The van der Waals surface area contributed by atoms with E-state index < -0.39 is 0 Å². The van der Waals surface area contributed by atoms with E-state index in [9.17, 15) is 4.79 Å². The fraction of sp³-hybridized carbons (Fsp3) is 0.500. The van der Waals surface area contributed by atoms with Gasteiger partial charge in [0.15, 0.2) is 0 Å². The molecule has 3 unspecified atom stereocenters. The largest absolute Gasteiger partial charge is 0.458 e. The minimum Gasteiger partial charge on any atom is -0.458 e. The molecule has 4 fully saturated rings. The molecule has 2 aromatic carbocycles. The summed E-state index contributed by atoms with van der Waals surface area (Å²) in [5.74, 6) is 1.62. The lowest BCUT2D eigenvalue weighted by atomic mass is 9.52. The SMILES string of the molecule is CN(C)C1[C@@H]2CC3C[C@H]1CC(OC(=O)C(c1ccccc1)c1ccccc1)(C3)C2. The van der Waals surface area contributed by atoms with E-state index in [1.165, 1.54) is 12.8 Å². The quantitative estimate of drug-likeness (QED) is 0.683. The first-order chi connectivity index (χ1) is 14.0. The zero-order valence-electron chi connectivity index (χ0n) is 17.5. The van der Waals surface area contributed by atoms with Crippen molar-refractivity contribution in [2.45, 2.75) is 49.7 Å². The van der Waals surface area contributed by atoms with Crippen molar-refractivity contribution >= 4 is 5.97 Å². The Balaban J connectivity index is 1.43. The molecule has 4 aliphatic rings. The lowest BCUT2D eigenvalue weighted by Gasteiger charge is -2.60. The standard InChI is InChI=1S/C26H31NO2/c1-27(2)24-21-13-18-14-22(24)17-26(15-18,16-21)29-25(28)23(19-9-5-3-6-10-19)20-11-7-4-8-12-20/h3-12,18,21-24H,13-17H2,1-2H3/t18?,21-,22+,24?,26?. The van der Waals surface area contributed by atoms with Gasteiger partial charge in [-0.1, -0.05) is 60.7 Å². The molecule has 3 heteroatoms. The van der Waals surface area contributed by atoms with Crippen LogP contribution in [0.25, 0.3) is 0 Å². The zero-order chi connectivity index (χ0) is 20.0. The van der Waals surface area contributed by atoms with E-state index in [0.717, 1.165) is 36.3 Å². The van der Waals surface area contributed by atoms with Crippen molar-refractivity contribution in [3.05, 3.63) is 71.8 Å². The van der Waals surface area contributed by atoms with Crippen LogP contribution in [0.1, 0.15) is 49.1 Å². The van der Waals surface area contributed by atoms with Crippen molar-refractivity contribution in [1.82, 2.24) is 4.90 Å². The van der Waals surface area contributed by atoms with Gasteiger partial charge in [0.2, 0.25) is 0 Å². The van der Waals surface area contributed by atoms with Crippen LogP contribution in [0, 0.1) is 17.8 Å². The van der Waals surface area contributed by atoms with Gasteiger partial charge in [0, 0.05) is 6.04 Å². The molecule has 4 saturated carbocycles. The summed E-state index contributed by atoms with van der Waals surface area (Å²) in [6, 6.07) is 20.8. The molecule has 152 valence electrons. The highest BCUT2D eigenvalue weighted by Crippen LogP contribution is 2.58. The summed E-state index contributed by atoms with van der Waals surface area (Å²) >= 11 is 0. The van der Waals surface area contributed by atoms with E-state index in [1.807, 2.05) is 60.7 Å². The Morgan fingerprint density at radius 3 is 1.90 bits per heavy atom. The van der Waals surface area contributed by atoms with Gasteiger partial charge in [-0.3, -0.25) is 4.79 Å². The van der Waals surface area contributed by atoms with Crippen molar-refractivity contribution in [3.8, 4) is 0 Å². The fourth-order valence-electron chi connectivity index (χ4n) is 6.92. The van der Waals surface area contributed by atoms with E-state index in [4.69, 9.17) is 4.74 Å². The molecular formula is C26H31NO2. The summed E-state index contributed by atoms with van der Waals surface area (Å²) in [6.07, 6.45) is 5.73. The zero-order valence-corrected chi connectivity index (χ0v) is 17.5. The number of rotatable bonds is 5. The summed E-state index contributed by atoms with van der Waals surface area (Å²) < 4.78 is 6.49. The molecule has 0 aromatic heterocycles.